The Balaban J connectivity index is 1.46. The molecular weight excluding hydrogens is 285 g/mol. The lowest BCUT2D eigenvalue weighted by molar-refractivity contribution is 0.470. The summed E-state index contributed by atoms with van der Waals surface area (Å²) in [4.78, 5) is 3.99. The van der Waals surface area contributed by atoms with Gasteiger partial charge in [0.05, 0.1) is 12.9 Å². The second-order valence-corrected chi connectivity index (χ2v) is 4.84. The summed E-state index contributed by atoms with van der Waals surface area (Å²) >= 11 is 0. The smallest absolute Gasteiger partial charge is 0.247 e. The van der Waals surface area contributed by atoms with Gasteiger partial charge in [-0.3, -0.25) is 0 Å². The lowest BCUT2D eigenvalue weighted by atomic mass is 10.2. The Kier molecular flexibility index (Phi) is 4.55. The molecule has 2 aromatic heterocycles. The average molecular weight is 301 g/mol. The van der Waals surface area contributed by atoms with E-state index in [1.165, 1.54) is 12.1 Å². The third-order valence-electron chi connectivity index (χ3n) is 3.14. The molecule has 0 aliphatic rings. The fourth-order valence-corrected chi connectivity index (χ4v) is 2.06. The second kappa shape index (κ2) is 6.95. The quantitative estimate of drug-likeness (QED) is 0.678. The highest BCUT2D eigenvalue weighted by Crippen LogP contribution is 2.18. The first-order valence-electron chi connectivity index (χ1n) is 7.06. The SMILES string of the molecule is Fc1cccc(-c2nnc(CNCCCn3ccnc3)o2)c1. The molecule has 3 aromatic rings. The van der Waals surface area contributed by atoms with Crippen molar-refractivity contribution in [1.82, 2.24) is 25.1 Å². The molecule has 3 rings (SSSR count). The predicted molar refractivity (Wildman–Crippen MR) is 78.2 cm³/mol. The molecule has 0 radical (unpaired) electrons. The molecule has 0 bridgehead atoms. The maximum atomic E-state index is 13.2. The van der Waals surface area contributed by atoms with Crippen molar-refractivity contribution < 1.29 is 8.81 Å². The summed E-state index contributed by atoms with van der Waals surface area (Å²) in [5.41, 5.74) is 0.582. The van der Waals surface area contributed by atoms with Gasteiger partial charge >= 0.3 is 0 Å². The fourth-order valence-electron chi connectivity index (χ4n) is 2.06. The first-order chi connectivity index (χ1) is 10.8. The molecule has 1 N–H and O–H groups in total. The van der Waals surface area contributed by atoms with Crippen molar-refractivity contribution in [3.05, 3.63) is 54.7 Å². The summed E-state index contributed by atoms with van der Waals surface area (Å²) in [6, 6.07) is 6.10. The summed E-state index contributed by atoms with van der Waals surface area (Å²) in [5.74, 6) is 0.492. The molecule has 0 aliphatic heterocycles. The van der Waals surface area contributed by atoms with Gasteiger partial charge in [-0.2, -0.15) is 0 Å². The van der Waals surface area contributed by atoms with Gasteiger partial charge in [0.25, 0.3) is 0 Å². The van der Waals surface area contributed by atoms with E-state index in [9.17, 15) is 4.39 Å². The van der Waals surface area contributed by atoms with Crippen LogP contribution in [0.5, 0.6) is 0 Å². The van der Waals surface area contributed by atoms with Gasteiger partial charge in [-0.25, -0.2) is 9.37 Å². The molecule has 0 fully saturated rings. The van der Waals surface area contributed by atoms with Gasteiger partial charge in [0.1, 0.15) is 5.82 Å². The van der Waals surface area contributed by atoms with E-state index in [0.29, 0.717) is 23.9 Å². The summed E-state index contributed by atoms with van der Waals surface area (Å²) in [6.45, 7) is 2.23. The van der Waals surface area contributed by atoms with Gasteiger partial charge in [0, 0.05) is 24.5 Å². The first kappa shape index (κ1) is 14.4. The molecule has 22 heavy (non-hydrogen) atoms. The molecule has 7 heteroatoms. The standard InChI is InChI=1S/C15H16FN5O/c16-13-4-1-3-12(9-13)15-20-19-14(22-15)10-17-5-2-7-21-8-6-18-11-21/h1,3-4,6,8-9,11,17H,2,5,7,10H2. The number of benzene rings is 1. The van der Waals surface area contributed by atoms with Crippen molar-refractivity contribution in [2.75, 3.05) is 6.54 Å². The number of rotatable bonds is 7. The van der Waals surface area contributed by atoms with Crippen molar-refractivity contribution in [3.63, 3.8) is 0 Å². The van der Waals surface area contributed by atoms with E-state index in [2.05, 4.69) is 20.5 Å². The number of nitrogens with zero attached hydrogens (tertiary/aromatic N) is 4. The largest absolute Gasteiger partial charge is 0.419 e. The van der Waals surface area contributed by atoms with Crippen LogP contribution in [0.25, 0.3) is 11.5 Å². The number of halogens is 1. The van der Waals surface area contributed by atoms with Gasteiger partial charge in [-0.05, 0) is 31.2 Å². The van der Waals surface area contributed by atoms with Crippen molar-refractivity contribution >= 4 is 0 Å². The van der Waals surface area contributed by atoms with Crippen LogP contribution >= 0.6 is 0 Å². The lowest BCUT2D eigenvalue weighted by Gasteiger charge is -2.02. The Morgan fingerprint density at radius 3 is 3.05 bits per heavy atom. The third-order valence-corrected chi connectivity index (χ3v) is 3.14. The van der Waals surface area contributed by atoms with Crippen LogP contribution in [0, 0.1) is 5.82 Å². The number of imidazole rings is 1. The number of hydrogen-bond acceptors (Lipinski definition) is 5. The molecule has 0 amide bonds. The highest BCUT2D eigenvalue weighted by atomic mass is 19.1. The summed E-state index contributed by atoms with van der Waals surface area (Å²) in [5, 5.41) is 11.1. The highest BCUT2D eigenvalue weighted by Gasteiger charge is 2.08. The van der Waals surface area contributed by atoms with Crippen LogP contribution in [-0.2, 0) is 13.1 Å². The molecule has 6 nitrogen and oxygen atoms in total. The predicted octanol–water partition coefficient (Wildman–Crippen LogP) is 2.25. The molecule has 2 heterocycles. The average Bonchev–Trinajstić information content (AvgIpc) is 3.18. The minimum absolute atomic E-state index is 0.324. The van der Waals surface area contributed by atoms with E-state index in [0.717, 1.165) is 19.5 Å². The topological polar surface area (TPSA) is 68.8 Å². The van der Waals surface area contributed by atoms with Gasteiger partial charge in [-0.1, -0.05) is 6.07 Å². The molecule has 0 atom stereocenters. The second-order valence-electron chi connectivity index (χ2n) is 4.84. The number of hydrogen-bond donors (Lipinski definition) is 1. The summed E-state index contributed by atoms with van der Waals surface area (Å²) < 4.78 is 20.7. The molecule has 0 saturated carbocycles. The number of aryl methyl sites for hydroxylation is 1. The maximum absolute atomic E-state index is 13.2. The summed E-state index contributed by atoms with van der Waals surface area (Å²) in [7, 11) is 0. The molecule has 114 valence electrons. The molecule has 0 aliphatic carbocycles. The molecule has 0 spiro atoms. The van der Waals surface area contributed by atoms with Crippen molar-refractivity contribution in [1.29, 1.82) is 0 Å². The van der Waals surface area contributed by atoms with Crippen LogP contribution in [-0.4, -0.2) is 26.3 Å². The Labute approximate surface area is 127 Å². The number of nitrogens with one attached hydrogen (secondary N) is 1. The van der Waals surface area contributed by atoms with E-state index < -0.39 is 0 Å². The zero-order valence-electron chi connectivity index (χ0n) is 11.9. The van der Waals surface area contributed by atoms with Gasteiger partial charge in [0.15, 0.2) is 0 Å². The van der Waals surface area contributed by atoms with Crippen molar-refractivity contribution in [3.8, 4) is 11.5 Å². The van der Waals surface area contributed by atoms with E-state index in [4.69, 9.17) is 4.42 Å². The zero-order chi connectivity index (χ0) is 15.2. The van der Waals surface area contributed by atoms with Crippen LogP contribution in [0.1, 0.15) is 12.3 Å². The first-order valence-corrected chi connectivity index (χ1v) is 7.06. The Bertz CT molecular complexity index is 710. The zero-order valence-corrected chi connectivity index (χ0v) is 11.9. The minimum atomic E-state index is -0.324. The maximum Gasteiger partial charge on any atom is 0.247 e. The third kappa shape index (κ3) is 3.76. The van der Waals surface area contributed by atoms with E-state index >= 15 is 0 Å². The Hall–Kier alpha value is -2.54. The van der Waals surface area contributed by atoms with Crippen LogP contribution in [0.4, 0.5) is 4.39 Å². The van der Waals surface area contributed by atoms with Gasteiger partial charge < -0.3 is 14.3 Å². The van der Waals surface area contributed by atoms with Crippen LogP contribution in [0.3, 0.4) is 0 Å². The Morgan fingerprint density at radius 1 is 1.27 bits per heavy atom. The van der Waals surface area contributed by atoms with E-state index in [1.807, 2.05) is 10.8 Å². The molecule has 0 saturated heterocycles. The Morgan fingerprint density at radius 2 is 2.23 bits per heavy atom. The minimum Gasteiger partial charge on any atom is -0.419 e. The molecule has 1 aromatic carbocycles. The fraction of sp³-hybridized carbons (Fsp3) is 0.267. The monoisotopic (exact) mass is 301 g/mol. The van der Waals surface area contributed by atoms with Gasteiger partial charge in [0.2, 0.25) is 11.8 Å². The van der Waals surface area contributed by atoms with Crippen molar-refractivity contribution in [2.24, 2.45) is 0 Å². The lowest BCUT2D eigenvalue weighted by Crippen LogP contribution is -2.16. The van der Waals surface area contributed by atoms with Crippen LogP contribution < -0.4 is 5.32 Å². The molecular formula is C15H16FN5O. The summed E-state index contributed by atoms with van der Waals surface area (Å²) in [6.07, 6.45) is 6.47. The number of aromatic nitrogens is 4. The highest BCUT2D eigenvalue weighted by molar-refractivity contribution is 5.52. The van der Waals surface area contributed by atoms with Crippen LogP contribution in [0.15, 0.2) is 47.4 Å². The van der Waals surface area contributed by atoms with Crippen molar-refractivity contribution in [2.45, 2.75) is 19.5 Å². The van der Waals surface area contributed by atoms with Gasteiger partial charge in [-0.15, -0.1) is 10.2 Å². The normalized spacial score (nSPS) is 11.0. The van der Waals surface area contributed by atoms with Crippen LogP contribution in [0.2, 0.25) is 0 Å². The van der Waals surface area contributed by atoms with E-state index in [-0.39, 0.29) is 5.82 Å². The van der Waals surface area contributed by atoms with E-state index in [1.54, 1.807) is 24.7 Å². The molecule has 0 unspecified atom stereocenters.